The number of aromatic nitrogens is 4. The number of hydrogen-bond donors (Lipinski definition) is 1. The predicted molar refractivity (Wildman–Crippen MR) is 84.3 cm³/mol. The molecule has 3 aromatic heterocycles. The van der Waals surface area contributed by atoms with Gasteiger partial charge in [0.1, 0.15) is 10.5 Å². The van der Waals surface area contributed by atoms with Gasteiger partial charge in [0, 0.05) is 13.6 Å². The fourth-order valence-electron chi connectivity index (χ4n) is 2.14. The van der Waals surface area contributed by atoms with Gasteiger partial charge >= 0.3 is 0 Å². The highest BCUT2D eigenvalue weighted by atomic mass is 32.1. The van der Waals surface area contributed by atoms with Crippen LogP contribution in [0.15, 0.2) is 11.4 Å². The summed E-state index contributed by atoms with van der Waals surface area (Å²) in [4.78, 5) is 9.86. The fourth-order valence-corrected chi connectivity index (χ4v) is 2.90. The first kappa shape index (κ1) is 13.8. The van der Waals surface area contributed by atoms with Gasteiger partial charge in [0.15, 0.2) is 5.75 Å². The molecule has 110 valence electrons. The van der Waals surface area contributed by atoms with Crippen LogP contribution in [0.3, 0.4) is 0 Å². The average Bonchev–Trinajstić information content (AvgIpc) is 3.00. The minimum atomic E-state index is 0.566. The van der Waals surface area contributed by atoms with Gasteiger partial charge in [0.25, 0.3) is 0 Å². The van der Waals surface area contributed by atoms with Crippen molar-refractivity contribution in [3.63, 3.8) is 0 Å². The van der Waals surface area contributed by atoms with Crippen molar-refractivity contribution in [3.8, 4) is 11.6 Å². The van der Waals surface area contributed by atoms with Crippen LogP contribution in [0.2, 0.25) is 0 Å². The van der Waals surface area contributed by atoms with Gasteiger partial charge in [-0.15, -0.1) is 11.3 Å². The van der Waals surface area contributed by atoms with Crippen molar-refractivity contribution < 1.29 is 4.74 Å². The third kappa shape index (κ3) is 2.44. The lowest BCUT2D eigenvalue weighted by molar-refractivity contribution is 0.461. The second kappa shape index (κ2) is 5.33. The number of hydrogen-bond acceptors (Lipinski definition) is 6. The molecule has 0 unspecified atom stereocenters. The van der Waals surface area contributed by atoms with Gasteiger partial charge in [-0.05, 0) is 32.2 Å². The maximum Gasteiger partial charge on any atom is 0.233 e. The van der Waals surface area contributed by atoms with E-state index in [9.17, 15) is 0 Å². The summed E-state index contributed by atoms with van der Waals surface area (Å²) in [5.41, 5.74) is 1.82. The normalized spacial score (nSPS) is 11.0. The summed E-state index contributed by atoms with van der Waals surface area (Å²) in [6.07, 6.45) is 0. The molecule has 0 fully saturated rings. The number of fused-ring (bicyclic) bond motifs is 1. The largest absolute Gasteiger partial charge is 0.434 e. The molecule has 0 radical (unpaired) electrons. The fraction of sp³-hybridized carbons (Fsp3) is 0.357. The van der Waals surface area contributed by atoms with Crippen molar-refractivity contribution in [2.24, 2.45) is 7.05 Å². The Morgan fingerprint density at radius 2 is 2.14 bits per heavy atom. The Labute approximate surface area is 126 Å². The third-order valence-electron chi connectivity index (χ3n) is 3.27. The lowest BCUT2D eigenvalue weighted by atomic mass is 10.3. The second-order valence-corrected chi connectivity index (χ2v) is 5.64. The molecule has 0 saturated carbocycles. The molecule has 21 heavy (non-hydrogen) atoms. The second-order valence-electron chi connectivity index (χ2n) is 4.75. The molecule has 3 rings (SSSR count). The van der Waals surface area contributed by atoms with Crippen LogP contribution in [0.25, 0.3) is 10.2 Å². The van der Waals surface area contributed by atoms with Gasteiger partial charge in [0.05, 0.1) is 11.1 Å². The SMILES string of the molecule is CCNc1nc(Oc2c(C)nn(C)c2C)c2ccsc2n1. The number of thiophene rings is 1. The Bertz CT molecular complexity index is 792. The highest BCUT2D eigenvalue weighted by Crippen LogP contribution is 2.33. The van der Waals surface area contributed by atoms with E-state index in [1.165, 1.54) is 0 Å². The van der Waals surface area contributed by atoms with Crippen LogP contribution in [-0.2, 0) is 7.05 Å². The van der Waals surface area contributed by atoms with Crippen molar-refractivity contribution in [1.82, 2.24) is 19.7 Å². The quantitative estimate of drug-likeness (QED) is 0.801. The van der Waals surface area contributed by atoms with Crippen LogP contribution < -0.4 is 10.1 Å². The Morgan fingerprint density at radius 1 is 1.33 bits per heavy atom. The topological polar surface area (TPSA) is 64.9 Å². The maximum atomic E-state index is 6.05. The molecule has 6 nitrogen and oxygen atoms in total. The van der Waals surface area contributed by atoms with E-state index >= 15 is 0 Å². The first-order valence-corrected chi connectivity index (χ1v) is 7.65. The van der Waals surface area contributed by atoms with Crippen LogP contribution in [0.5, 0.6) is 11.6 Å². The van der Waals surface area contributed by atoms with Crippen LogP contribution in [0.1, 0.15) is 18.3 Å². The van der Waals surface area contributed by atoms with E-state index in [2.05, 4.69) is 20.4 Å². The smallest absolute Gasteiger partial charge is 0.233 e. The lowest BCUT2D eigenvalue weighted by Crippen LogP contribution is -2.03. The number of ether oxygens (including phenoxy) is 1. The van der Waals surface area contributed by atoms with E-state index in [1.54, 1.807) is 11.3 Å². The molecule has 0 bridgehead atoms. The van der Waals surface area contributed by atoms with Gasteiger partial charge in [0.2, 0.25) is 11.8 Å². The molecule has 0 aliphatic carbocycles. The molecule has 0 aliphatic heterocycles. The van der Waals surface area contributed by atoms with Gasteiger partial charge in [-0.3, -0.25) is 4.68 Å². The summed E-state index contributed by atoms with van der Waals surface area (Å²) < 4.78 is 7.86. The first-order valence-electron chi connectivity index (χ1n) is 6.77. The van der Waals surface area contributed by atoms with Gasteiger partial charge in [-0.2, -0.15) is 10.1 Å². The molecule has 0 atom stereocenters. The van der Waals surface area contributed by atoms with Gasteiger partial charge < -0.3 is 10.1 Å². The third-order valence-corrected chi connectivity index (χ3v) is 4.07. The molecule has 0 aromatic carbocycles. The predicted octanol–water partition coefficient (Wildman–Crippen LogP) is 3.27. The average molecular weight is 303 g/mol. The molecule has 3 aromatic rings. The Balaban J connectivity index is 2.08. The molecule has 0 spiro atoms. The standard InChI is InChI=1S/C14H17N5OS/c1-5-15-14-16-12(10-6-7-21-13(10)17-14)20-11-8(2)18-19(4)9(11)3/h6-7H,5H2,1-4H3,(H,15,16,17). The molecular weight excluding hydrogens is 286 g/mol. The van der Waals surface area contributed by atoms with E-state index < -0.39 is 0 Å². The van der Waals surface area contributed by atoms with Gasteiger partial charge in [-0.25, -0.2) is 4.98 Å². The van der Waals surface area contributed by atoms with Crippen molar-refractivity contribution in [3.05, 3.63) is 22.8 Å². The summed E-state index contributed by atoms with van der Waals surface area (Å²) in [6, 6.07) is 1.98. The number of rotatable bonds is 4. The summed E-state index contributed by atoms with van der Waals surface area (Å²) in [5, 5.41) is 10.4. The zero-order valence-corrected chi connectivity index (χ0v) is 13.3. The van der Waals surface area contributed by atoms with Crippen LogP contribution in [-0.4, -0.2) is 26.3 Å². The van der Waals surface area contributed by atoms with E-state index in [-0.39, 0.29) is 0 Å². The van der Waals surface area contributed by atoms with E-state index in [1.807, 2.05) is 43.9 Å². The first-order chi connectivity index (χ1) is 10.1. The zero-order valence-electron chi connectivity index (χ0n) is 12.5. The van der Waals surface area contributed by atoms with Crippen LogP contribution >= 0.6 is 11.3 Å². The number of anilines is 1. The minimum absolute atomic E-state index is 0.566. The maximum absolute atomic E-state index is 6.05. The minimum Gasteiger partial charge on any atom is -0.434 e. The molecule has 3 heterocycles. The highest BCUT2D eigenvalue weighted by Gasteiger charge is 2.16. The van der Waals surface area contributed by atoms with E-state index in [0.717, 1.165) is 33.9 Å². The molecule has 0 saturated heterocycles. The van der Waals surface area contributed by atoms with E-state index in [4.69, 9.17) is 4.74 Å². The summed E-state index contributed by atoms with van der Waals surface area (Å²) >= 11 is 1.57. The van der Waals surface area contributed by atoms with Crippen molar-refractivity contribution in [2.45, 2.75) is 20.8 Å². The van der Waals surface area contributed by atoms with Crippen LogP contribution in [0.4, 0.5) is 5.95 Å². The molecule has 7 heteroatoms. The summed E-state index contributed by atoms with van der Waals surface area (Å²) in [6.45, 7) is 6.69. The Kier molecular flexibility index (Phi) is 3.50. The van der Waals surface area contributed by atoms with Crippen LogP contribution in [0, 0.1) is 13.8 Å². The monoisotopic (exact) mass is 303 g/mol. The Morgan fingerprint density at radius 3 is 2.81 bits per heavy atom. The number of aryl methyl sites for hydroxylation is 2. The summed E-state index contributed by atoms with van der Waals surface area (Å²) in [5.74, 6) is 1.91. The van der Waals surface area contributed by atoms with Crippen molar-refractivity contribution in [2.75, 3.05) is 11.9 Å². The summed E-state index contributed by atoms with van der Waals surface area (Å²) in [7, 11) is 1.90. The van der Waals surface area contributed by atoms with Gasteiger partial charge in [-0.1, -0.05) is 0 Å². The number of nitrogens with one attached hydrogen (secondary N) is 1. The molecule has 1 N–H and O–H groups in total. The molecular formula is C14H17N5OS. The van der Waals surface area contributed by atoms with E-state index in [0.29, 0.717) is 11.8 Å². The molecule has 0 aliphatic rings. The van der Waals surface area contributed by atoms with Crippen molar-refractivity contribution >= 4 is 27.5 Å². The Hall–Kier alpha value is -2.15. The molecule has 0 amide bonds. The highest BCUT2D eigenvalue weighted by molar-refractivity contribution is 7.16. The number of nitrogens with zero attached hydrogens (tertiary/aromatic N) is 4. The lowest BCUT2D eigenvalue weighted by Gasteiger charge is -2.08. The van der Waals surface area contributed by atoms with Crippen molar-refractivity contribution in [1.29, 1.82) is 0 Å². The zero-order chi connectivity index (χ0) is 15.0.